The lowest BCUT2D eigenvalue weighted by Crippen LogP contribution is -2.39. The average Bonchev–Trinajstić information content (AvgIpc) is 2.72. The molecular weight excluding hydrogens is 240 g/mol. The number of likely N-dealkylation sites (tertiary alicyclic amines) is 1. The Morgan fingerprint density at radius 2 is 2.16 bits per heavy atom. The van der Waals surface area contributed by atoms with Crippen molar-refractivity contribution in [3.8, 4) is 6.07 Å². The Labute approximate surface area is 113 Å². The number of benzene rings is 1. The van der Waals surface area contributed by atoms with Crippen molar-refractivity contribution in [3.63, 3.8) is 0 Å². The lowest BCUT2D eigenvalue weighted by Gasteiger charge is -2.26. The maximum Gasteiger partial charge on any atom is 0.411 e. The normalized spacial score (nSPS) is 20.9. The van der Waals surface area contributed by atoms with E-state index in [4.69, 9.17) is 4.74 Å². The zero-order chi connectivity index (χ0) is 13.9. The van der Waals surface area contributed by atoms with Crippen molar-refractivity contribution >= 4 is 6.09 Å². The van der Waals surface area contributed by atoms with Crippen LogP contribution in [0.15, 0.2) is 30.3 Å². The molecule has 0 unspecified atom stereocenters. The van der Waals surface area contributed by atoms with E-state index in [-0.39, 0.29) is 12.0 Å². The average molecular weight is 258 g/mol. The van der Waals surface area contributed by atoms with Gasteiger partial charge in [-0.05, 0) is 12.0 Å². The first-order valence-corrected chi connectivity index (χ1v) is 6.41. The highest BCUT2D eigenvalue weighted by molar-refractivity contribution is 5.69. The third-order valence-corrected chi connectivity index (χ3v) is 3.61. The summed E-state index contributed by atoms with van der Waals surface area (Å²) in [4.78, 5) is 13.6. The van der Waals surface area contributed by atoms with Gasteiger partial charge in [-0.2, -0.15) is 5.26 Å². The number of rotatable bonds is 2. The molecule has 4 nitrogen and oxygen atoms in total. The van der Waals surface area contributed by atoms with Crippen LogP contribution in [-0.4, -0.2) is 23.6 Å². The van der Waals surface area contributed by atoms with E-state index in [2.05, 4.69) is 6.07 Å². The van der Waals surface area contributed by atoms with E-state index in [0.29, 0.717) is 6.54 Å². The van der Waals surface area contributed by atoms with Gasteiger partial charge in [-0.1, -0.05) is 44.2 Å². The fourth-order valence-corrected chi connectivity index (χ4v) is 2.34. The molecular formula is C15H18N2O2. The van der Waals surface area contributed by atoms with Crippen LogP contribution in [-0.2, 0) is 11.3 Å². The molecule has 0 spiro atoms. The lowest BCUT2D eigenvalue weighted by molar-refractivity contribution is 0.0918. The molecule has 0 saturated carbocycles. The molecule has 1 aromatic carbocycles. The third kappa shape index (κ3) is 2.87. The second-order valence-electron chi connectivity index (χ2n) is 5.50. The molecule has 1 atom stereocenters. The Kier molecular flexibility index (Phi) is 3.75. The number of nitrogens with zero attached hydrogens (tertiary/aromatic N) is 2. The molecule has 0 radical (unpaired) electrons. The van der Waals surface area contributed by atoms with Gasteiger partial charge in [0, 0.05) is 12.0 Å². The van der Waals surface area contributed by atoms with Crippen LogP contribution in [0.5, 0.6) is 0 Å². The highest BCUT2D eigenvalue weighted by Crippen LogP contribution is 2.35. The quantitative estimate of drug-likeness (QED) is 0.819. The maximum absolute atomic E-state index is 12.0. The fourth-order valence-electron chi connectivity index (χ4n) is 2.34. The molecule has 2 rings (SSSR count). The molecule has 0 aliphatic carbocycles. The molecule has 4 heteroatoms. The predicted molar refractivity (Wildman–Crippen MR) is 71.1 cm³/mol. The zero-order valence-electron chi connectivity index (χ0n) is 11.3. The second-order valence-corrected chi connectivity index (χ2v) is 5.50. The van der Waals surface area contributed by atoms with Crippen LogP contribution in [0.3, 0.4) is 0 Å². The summed E-state index contributed by atoms with van der Waals surface area (Å²) >= 11 is 0. The molecule has 0 N–H and O–H groups in total. The largest absolute Gasteiger partial charge is 0.445 e. The van der Waals surface area contributed by atoms with Crippen LogP contribution in [0.1, 0.15) is 25.8 Å². The van der Waals surface area contributed by atoms with Crippen molar-refractivity contribution in [1.82, 2.24) is 4.90 Å². The summed E-state index contributed by atoms with van der Waals surface area (Å²) in [6, 6.07) is 11.3. The standard InChI is InChI=1S/C15H18N2O2/c1-15(2)8-9-17(13(15)10-16)14(18)19-11-12-6-4-3-5-7-12/h3-7,13H,8-9,11H2,1-2H3/t13-/m1/s1. The highest BCUT2D eigenvalue weighted by atomic mass is 16.6. The van der Waals surface area contributed by atoms with E-state index >= 15 is 0 Å². The molecule has 0 bridgehead atoms. The van der Waals surface area contributed by atoms with Crippen LogP contribution in [0.2, 0.25) is 0 Å². The van der Waals surface area contributed by atoms with Gasteiger partial charge >= 0.3 is 6.09 Å². The molecule has 1 fully saturated rings. The van der Waals surface area contributed by atoms with E-state index < -0.39 is 12.1 Å². The summed E-state index contributed by atoms with van der Waals surface area (Å²) in [7, 11) is 0. The topological polar surface area (TPSA) is 53.3 Å². The number of ether oxygens (including phenoxy) is 1. The smallest absolute Gasteiger partial charge is 0.411 e. The first kappa shape index (κ1) is 13.4. The van der Waals surface area contributed by atoms with Crippen molar-refractivity contribution in [3.05, 3.63) is 35.9 Å². The maximum atomic E-state index is 12.0. The summed E-state index contributed by atoms with van der Waals surface area (Å²) in [6.07, 6.45) is 0.423. The third-order valence-electron chi connectivity index (χ3n) is 3.61. The summed E-state index contributed by atoms with van der Waals surface area (Å²) in [5, 5.41) is 9.21. The van der Waals surface area contributed by atoms with E-state index in [1.165, 1.54) is 4.90 Å². The van der Waals surface area contributed by atoms with Crippen molar-refractivity contribution in [2.24, 2.45) is 5.41 Å². The van der Waals surface area contributed by atoms with Crippen LogP contribution >= 0.6 is 0 Å². The van der Waals surface area contributed by atoms with Gasteiger partial charge in [-0.15, -0.1) is 0 Å². The van der Waals surface area contributed by atoms with Gasteiger partial charge in [-0.3, -0.25) is 4.90 Å². The van der Waals surface area contributed by atoms with Crippen molar-refractivity contribution in [2.75, 3.05) is 6.54 Å². The minimum absolute atomic E-state index is 0.166. The van der Waals surface area contributed by atoms with Gasteiger partial charge in [0.15, 0.2) is 0 Å². The summed E-state index contributed by atoms with van der Waals surface area (Å²) in [6.45, 7) is 4.84. The van der Waals surface area contributed by atoms with Gasteiger partial charge in [-0.25, -0.2) is 4.79 Å². The first-order chi connectivity index (χ1) is 9.04. The summed E-state index contributed by atoms with van der Waals surface area (Å²) in [5.74, 6) is 0. The first-order valence-electron chi connectivity index (χ1n) is 6.41. The number of hydrogen-bond acceptors (Lipinski definition) is 3. The summed E-state index contributed by atoms with van der Waals surface area (Å²) in [5.41, 5.74) is 0.781. The fraction of sp³-hybridized carbons (Fsp3) is 0.467. The monoisotopic (exact) mass is 258 g/mol. The van der Waals surface area contributed by atoms with E-state index in [1.807, 2.05) is 44.2 Å². The van der Waals surface area contributed by atoms with E-state index in [0.717, 1.165) is 12.0 Å². The SMILES string of the molecule is CC1(C)CCN(C(=O)OCc2ccccc2)[C@@H]1C#N. The molecule has 100 valence electrons. The molecule has 1 amide bonds. The number of hydrogen-bond donors (Lipinski definition) is 0. The van der Waals surface area contributed by atoms with E-state index in [9.17, 15) is 10.1 Å². The zero-order valence-corrected chi connectivity index (χ0v) is 11.3. The Morgan fingerprint density at radius 1 is 1.47 bits per heavy atom. The highest BCUT2D eigenvalue weighted by Gasteiger charge is 2.43. The molecule has 1 heterocycles. The minimum atomic E-state index is -0.407. The van der Waals surface area contributed by atoms with Gasteiger partial charge in [0.1, 0.15) is 12.6 Å². The predicted octanol–water partition coefficient (Wildman–Crippen LogP) is 2.95. The number of amides is 1. The lowest BCUT2D eigenvalue weighted by atomic mass is 9.86. The molecule has 1 saturated heterocycles. The van der Waals surface area contributed by atoms with Gasteiger partial charge in [0.2, 0.25) is 0 Å². The molecule has 1 aromatic rings. The molecule has 1 aliphatic heterocycles. The Balaban J connectivity index is 1.96. The van der Waals surface area contributed by atoms with Crippen molar-refractivity contribution in [2.45, 2.75) is 32.9 Å². The number of nitriles is 1. The van der Waals surface area contributed by atoms with Crippen LogP contribution < -0.4 is 0 Å². The number of carbonyl (C=O) groups is 1. The Hall–Kier alpha value is -2.02. The van der Waals surface area contributed by atoms with Crippen molar-refractivity contribution < 1.29 is 9.53 Å². The van der Waals surface area contributed by atoms with Crippen molar-refractivity contribution in [1.29, 1.82) is 5.26 Å². The Morgan fingerprint density at radius 3 is 2.79 bits per heavy atom. The number of carbonyl (C=O) groups excluding carboxylic acids is 1. The Bertz CT molecular complexity index is 491. The molecule has 0 aromatic heterocycles. The second kappa shape index (κ2) is 5.31. The van der Waals surface area contributed by atoms with Crippen LogP contribution in [0.4, 0.5) is 4.79 Å². The van der Waals surface area contributed by atoms with Gasteiger partial charge in [0.05, 0.1) is 6.07 Å². The summed E-state index contributed by atoms with van der Waals surface area (Å²) < 4.78 is 5.27. The van der Waals surface area contributed by atoms with Crippen LogP contribution in [0, 0.1) is 16.7 Å². The molecule has 19 heavy (non-hydrogen) atoms. The minimum Gasteiger partial charge on any atom is -0.445 e. The van der Waals surface area contributed by atoms with Crippen LogP contribution in [0.25, 0.3) is 0 Å². The van der Waals surface area contributed by atoms with E-state index in [1.54, 1.807) is 0 Å². The van der Waals surface area contributed by atoms with Gasteiger partial charge < -0.3 is 4.74 Å². The molecule has 1 aliphatic rings. The van der Waals surface area contributed by atoms with Gasteiger partial charge in [0.25, 0.3) is 0 Å².